The van der Waals surface area contributed by atoms with Gasteiger partial charge in [0.05, 0.1) is 17.5 Å². The zero-order chi connectivity index (χ0) is 35.8. The number of thiazole rings is 2. The Balaban J connectivity index is -0.000000199. The largest absolute Gasteiger partial charge is 1.00 e. The van der Waals surface area contributed by atoms with Gasteiger partial charge >= 0.3 is 103 Å². The molecule has 0 unspecified atom stereocenters. The fourth-order valence-corrected chi connectivity index (χ4v) is 6.32. The summed E-state index contributed by atoms with van der Waals surface area (Å²) in [4.78, 5) is 19.0. The maximum absolute atomic E-state index is 11.8. The second-order valence-electron chi connectivity index (χ2n) is 8.73. The van der Waals surface area contributed by atoms with Gasteiger partial charge in [0, 0.05) is 34.3 Å². The van der Waals surface area contributed by atoms with Crippen LogP contribution in [0.5, 0.6) is 0 Å². The number of unbranched alkanes of at least 4 members (excludes halogenated alkanes) is 4. The summed E-state index contributed by atoms with van der Waals surface area (Å²) in [6, 6.07) is 22.0. The number of thioether (sulfide) groups is 1. The summed E-state index contributed by atoms with van der Waals surface area (Å²) in [6.45, 7) is 1.25. The van der Waals surface area contributed by atoms with E-state index in [0.717, 1.165) is 74.2 Å². The van der Waals surface area contributed by atoms with Crippen LogP contribution in [0, 0.1) is 15.3 Å². The molecule has 1 N–H and O–H groups in total. The molecule has 2 heterocycles. The zero-order valence-corrected chi connectivity index (χ0v) is 39.1. The second kappa shape index (κ2) is 41.3. The van der Waals surface area contributed by atoms with Gasteiger partial charge < -0.3 is 16.6 Å². The maximum atomic E-state index is 11.8. The van der Waals surface area contributed by atoms with Crippen molar-refractivity contribution < 1.29 is 137 Å². The number of nitrogens with zero attached hydrogens (tertiary/aromatic N) is 2. The number of carbonyl (C=O) groups excluding carboxylic acids is 1. The Labute approximate surface area is 411 Å². The van der Waals surface area contributed by atoms with Crippen molar-refractivity contribution in [2.75, 3.05) is 11.1 Å². The van der Waals surface area contributed by atoms with Crippen molar-refractivity contribution in [1.29, 1.82) is 5.26 Å². The summed E-state index contributed by atoms with van der Waals surface area (Å²) in [5, 5.41) is 20.7. The van der Waals surface area contributed by atoms with Gasteiger partial charge in [0.2, 0.25) is 0 Å². The van der Waals surface area contributed by atoms with Gasteiger partial charge in [-0.25, -0.2) is 4.98 Å². The zero-order valence-electron chi connectivity index (χ0n) is 29.0. The van der Waals surface area contributed by atoms with Crippen molar-refractivity contribution >= 4 is 69.1 Å². The summed E-state index contributed by atoms with van der Waals surface area (Å²) < 4.78 is 48.1. The molecule has 0 bridgehead atoms. The van der Waals surface area contributed by atoms with E-state index in [1.54, 1.807) is 40.5 Å². The van der Waals surface area contributed by atoms with Crippen LogP contribution in [0.2, 0.25) is 0 Å². The van der Waals surface area contributed by atoms with Crippen molar-refractivity contribution in [2.45, 2.75) is 57.2 Å². The molecule has 0 saturated heterocycles. The van der Waals surface area contributed by atoms with Gasteiger partial charge in [-0.05, 0) is 68.5 Å². The molecule has 0 aliphatic carbocycles. The van der Waals surface area contributed by atoms with E-state index in [1.807, 2.05) is 53.9 Å². The Morgan fingerprint density at radius 2 is 1.45 bits per heavy atom. The molecular weight excluding hydrogens is 861 g/mol. The maximum Gasteiger partial charge on any atom is 1.00 e. The molecule has 2 aromatic carbocycles. The monoisotopic (exact) mass is 899 g/mol. The summed E-state index contributed by atoms with van der Waals surface area (Å²) in [6.07, 6.45) is 3.27. The molecule has 2 aromatic heterocycles. The van der Waals surface area contributed by atoms with E-state index in [4.69, 9.17) is 27.5 Å². The Morgan fingerprint density at radius 3 is 1.88 bits per heavy atom. The van der Waals surface area contributed by atoms with Crippen LogP contribution in [0.25, 0.3) is 22.5 Å². The van der Waals surface area contributed by atoms with Crippen LogP contribution in [0.3, 0.4) is 0 Å². The van der Waals surface area contributed by atoms with Crippen LogP contribution in [0.15, 0.2) is 100 Å². The number of hydrogen-bond donors (Lipinski definition) is 1. The molecule has 0 saturated carbocycles. The van der Waals surface area contributed by atoms with Crippen molar-refractivity contribution in [1.82, 2.24) is 9.97 Å². The second-order valence-corrected chi connectivity index (χ2v) is 13.3. The van der Waals surface area contributed by atoms with E-state index >= 15 is 0 Å². The predicted octanol–water partition coefficient (Wildman–Crippen LogP) is 6.38. The molecule has 270 valence electrons. The Morgan fingerprint density at radius 1 is 0.961 bits per heavy atom. The molecule has 0 fully saturated rings. The first-order valence-corrected chi connectivity index (χ1v) is 18.5. The van der Waals surface area contributed by atoms with Crippen LogP contribution >= 0.6 is 62.6 Å². The third-order valence-corrected chi connectivity index (χ3v) is 8.93. The summed E-state index contributed by atoms with van der Waals surface area (Å²) in [7, 11) is 0. The normalized spacial score (nSPS) is 8.67. The van der Waals surface area contributed by atoms with E-state index in [1.165, 1.54) is 12.5 Å². The molecule has 0 amide bonds. The molecule has 17 heteroatoms. The van der Waals surface area contributed by atoms with Gasteiger partial charge in [0.1, 0.15) is 0 Å². The minimum absolute atomic E-state index is 0. The van der Waals surface area contributed by atoms with Crippen molar-refractivity contribution in [3.63, 3.8) is 0 Å². The smallest absolute Gasteiger partial charge is 1.00 e. The van der Waals surface area contributed by atoms with Crippen LogP contribution in [-0.2, 0) is 9.68 Å². The molecule has 0 atom stereocenters. The van der Waals surface area contributed by atoms with Crippen molar-refractivity contribution in [3.8, 4) is 28.6 Å². The quantitative estimate of drug-likeness (QED) is 0.0192. The van der Waals surface area contributed by atoms with Gasteiger partial charge in [0.25, 0.3) is 18.6 Å². The molecule has 51 heavy (non-hydrogen) atoms. The van der Waals surface area contributed by atoms with Crippen LogP contribution in [-0.4, -0.2) is 27.5 Å². The minimum Gasteiger partial charge on any atom is -1.00 e. The summed E-state index contributed by atoms with van der Waals surface area (Å²) in [5.41, 5.74) is 4.41. The number of aromatic nitrogens is 2. The van der Waals surface area contributed by atoms with E-state index in [-0.39, 0.29) is 118 Å². The Kier molecular flexibility index (Phi) is 46.9. The number of benzene rings is 2. The fraction of sp³-hybridized carbons (Fsp3) is 0.294. The Hall–Kier alpha value is 0.143. The fourth-order valence-electron chi connectivity index (χ4n) is 3.17. The molecule has 0 radical (unpaired) electrons. The van der Waals surface area contributed by atoms with E-state index in [2.05, 4.69) is 48.3 Å². The molecule has 6 nitrogen and oxygen atoms in total. The number of H-pyrrole nitrogens is 1. The van der Waals surface area contributed by atoms with Crippen molar-refractivity contribution in [2.24, 2.45) is 0 Å². The first kappa shape index (κ1) is 57.9. The molecular formula is C34H40BrF4K2N3O3S4. The number of nitriles is 1. The average molecular weight is 901 g/mol. The van der Waals surface area contributed by atoms with Crippen LogP contribution in [0.1, 0.15) is 54.3 Å². The Bertz CT molecular complexity index is 1540. The number of carbonyl (C=O) groups is 1. The van der Waals surface area contributed by atoms with Gasteiger partial charge in [-0.1, -0.05) is 95.8 Å². The SMILES string of the molecule is C.CC#N.FC(F)=CCCCCBr.FC(F)=CCCCCSc1nc(-c2ccccc2)cs1.O=CO[O-].S=c1[nH]c(-c2ccccc2)cs1.[H-].[K+].[K+]. The van der Waals surface area contributed by atoms with Gasteiger partial charge in [-0.3, -0.25) is 4.79 Å². The molecule has 4 rings (SSSR count). The van der Waals surface area contributed by atoms with Gasteiger partial charge in [-0.2, -0.15) is 22.8 Å². The summed E-state index contributed by atoms with van der Waals surface area (Å²) in [5.74, 6) is 0.920. The standard InChI is InChI=1S/C15H15F2NS2.C9H7NS2.C6H9BrF2.C2H3N.CH2O3.CH4.2K.H/c16-14(17)9-5-2-6-10-19-15-18-13(11-20-15)12-7-3-1-4-8-12;11-9-10-8(6-12-9)7-4-2-1-3-5-7;7-5-3-1-2-4-6(8)9;1-2-3;2-1-4-3;;;;/h1,3-4,7-9,11H,2,5-6,10H2;1-6H,(H,10,11);4H,1-3,5H2;1H3;1,3H;1H4;;;/q;;;;;;2*+1;-1/p-1. The first-order valence-electron chi connectivity index (χ1n) is 14.2. The van der Waals surface area contributed by atoms with Crippen LogP contribution in [0.4, 0.5) is 17.6 Å². The summed E-state index contributed by atoms with van der Waals surface area (Å²) >= 11 is 13.1. The number of halogens is 5. The van der Waals surface area contributed by atoms with Crippen LogP contribution < -0.4 is 108 Å². The van der Waals surface area contributed by atoms with E-state index in [0.29, 0.717) is 12.8 Å². The third kappa shape index (κ3) is 34.4. The number of nitrogens with one attached hydrogen (secondary N) is 1. The predicted molar refractivity (Wildman–Crippen MR) is 202 cm³/mol. The minimum atomic E-state index is -1.58. The topological polar surface area (TPSA) is 102 Å². The number of allylic oxidation sites excluding steroid dienone is 2. The number of hydrogen-bond acceptors (Lipinski definition) is 9. The molecule has 4 aromatic rings. The van der Waals surface area contributed by atoms with Crippen molar-refractivity contribution in [3.05, 3.63) is 99.7 Å². The van der Waals surface area contributed by atoms with Gasteiger partial charge in [-0.15, -0.1) is 22.7 Å². The molecule has 0 aliphatic heterocycles. The molecule has 0 aliphatic rings. The number of alkyl halides is 1. The third-order valence-electron chi connectivity index (χ3n) is 5.21. The first-order chi connectivity index (χ1) is 23.2. The average Bonchev–Trinajstić information content (AvgIpc) is 3.76. The number of rotatable bonds is 13. The number of aromatic amines is 1. The van der Waals surface area contributed by atoms with Gasteiger partial charge in [0.15, 0.2) is 8.29 Å². The van der Waals surface area contributed by atoms with E-state index < -0.39 is 12.2 Å². The molecule has 0 spiro atoms. The van der Waals surface area contributed by atoms with E-state index in [9.17, 15) is 17.6 Å².